The molecule has 1 amide bonds. The number of hydrogen-bond donors (Lipinski definition) is 2. The predicted molar refractivity (Wildman–Crippen MR) is 74.0 cm³/mol. The van der Waals surface area contributed by atoms with Crippen LogP contribution in [0.5, 0.6) is 0 Å². The Morgan fingerprint density at radius 3 is 2.21 bits per heavy atom. The molecule has 0 bridgehead atoms. The molecule has 2 N–H and O–H groups in total. The Morgan fingerprint density at radius 1 is 1.16 bits per heavy atom. The molecular weight excluding hydrogens is 242 g/mol. The summed E-state index contributed by atoms with van der Waals surface area (Å²) in [6, 6.07) is 7.36. The van der Waals surface area contributed by atoms with Gasteiger partial charge in [-0.25, -0.2) is 4.79 Å². The molecule has 1 aromatic rings. The van der Waals surface area contributed by atoms with Gasteiger partial charge in [0.05, 0.1) is 0 Å². The van der Waals surface area contributed by atoms with Gasteiger partial charge in [-0.3, -0.25) is 4.79 Å². The van der Waals surface area contributed by atoms with Crippen LogP contribution in [0.3, 0.4) is 0 Å². The third-order valence-electron chi connectivity index (χ3n) is 3.11. The number of aliphatic carboxylic acids is 1. The van der Waals surface area contributed by atoms with Crippen LogP contribution >= 0.6 is 0 Å². The van der Waals surface area contributed by atoms with Crippen molar-refractivity contribution in [3.8, 4) is 0 Å². The van der Waals surface area contributed by atoms with Crippen molar-refractivity contribution in [2.24, 2.45) is 0 Å². The minimum absolute atomic E-state index is 0.214. The number of benzene rings is 1. The summed E-state index contributed by atoms with van der Waals surface area (Å²) in [7, 11) is 0. The smallest absolute Gasteiger partial charge is 0.326 e. The molecule has 0 unspecified atom stereocenters. The lowest BCUT2D eigenvalue weighted by Crippen LogP contribution is -2.40. The number of carboxylic acid groups (broad SMARTS) is 1. The molecule has 0 aromatic heterocycles. The molecule has 0 aliphatic rings. The predicted octanol–water partition coefficient (Wildman–Crippen LogP) is 2.16. The van der Waals surface area contributed by atoms with Crippen molar-refractivity contribution in [2.75, 3.05) is 0 Å². The largest absolute Gasteiger partial charge is 0.480 e. The third-order valence-corrected chi connectivity index (χ3v) is 3.11. The Hall–Kier alpha value is -1.84. The number of carbonyl (C=O) groups excluding carboxylic acids is 1. The van der Waals surface area contributed by atoms with Gasteiger partial charge >= 0.3 is 5.97 Å². The summed E-state index contributed by atoms with van der Waals surface area (Å²) < 4.78 is 0. The number of carbonyl (C=O) groups is 2. The number of nitrogens with one attached hydrogen (secondary N) is 1. The number of hydrogen-bond acceptors (Lipinski definition) is 2. The molecule has 0 aliphatic carbocycles. The molecule has 19 heavy (non-hydrogen) atoms. The Labute approximate surface area is 113 Å². The average molecular weight is 263 g/mol. The second-order valence-electron chi connectivity index (χ2n) is 4.54. The third kappa shape index (κ3) is 5.12. The summed E-state index contributed by atoms with van der Waals surface area (Å²) in [4.78, 5) is 22.4. The van der Waals surface area contributed by atoms with E-state index in [-0.39, 0.29) is 5.91 Å². The van der Waals surface area contributed by atoms with Gasteiger partial charge in [-0.1, -0.05) is 38.1 Å². The molecule has 4 nitrogen and oxygen atoms in total. The maximum absolute atomic E-state index is 11.6. The first-order valence-corrected chi connectivity index (χ1v) is 6.66. The van der Waals surface area contributed by atoms with E-state index in [1.54, 1.807) is 6.92 Å². The van der Waals surface area contributed by atoms with Gasteiger partial charge < -0.3 is 10.4 Å². The normalized spacial score (nSPS) is 11.9. The van der Waals surface area contributed by atoms with Gasteiger partial charge in [-0.05, 0) is 30.4 Å². The maximum Gasteiger partial charge on any atom is 0.326 e. The van der Waals surface area contributed by atoms with Crippen molar-refractivity contribution < 1.29 is 14.7 Å². The molecule has 0 radical (unpaired) electrons. The maximum atomic E-state index is 11.6. The lowest BCUT2D eigenvalue weighted by molar-refractivity contribution is -0.141. The molecule has 0 spiro atoms. The Kier molecular flexibility index (Phi) is 6.06. The zero-order valence-electron chi connectivity index (χ0n) is 11.5. The van der Waals surface area contributed by atoms with Crippen LogP contribution in [0.1, 0.15) is 37.8 Å². The van der Waals surface area contributed by atoms with E-state index in [9.17, 15) is 9.59 Å². The van der Waals surface area contributed by atoms with Crippen LogP contribution in [0.25, 0.3) is 0 Å². The highest BCUT2D eigenvalue weighted by Gasteiger charge is 2.16. The molecule has 1 atom stereocenters. The van der Waals surface area contributed by atoms with Crippen molar-refractivity contribution in [1.82, 2.24) is 5.32 Å². The average Bonchev–Trinajstić information content (AvgIpc) is 2.42. The Morgan fingerprint density at radius 2 is 1.74 bits per heavy atom. The fraction of sp³-hybridized carbons (Fsp3) is 0.467. The zero-order chi connectivity index (χ0) is 14.3. The number of rotatable bonds is 7. The van der Waals surface area contributed by atoms with E-state index < -0.39 is 12.0 Å². The summed E-state index contributed by atoms with van der Waals surface area (Å²) in [6.45, 7) is 3.84. The highest BCUT2D eigenvalue weighted by Crippen LogP contribution is 2.07. The molecule has 4 heteroatoms. The second kappa shape index (κ2) is 7.56. The van der Waals surface area contributed by atoms with E-state index in [2.05, 4.69) is 24.4 Å². The van der Waals surface area contributed by atoms with Crippen molar-refractivity contribution in [3.05, 3.63) is 35.4 Å². The topological polar surface area (TPSA) is 66.4 Å². The lowest BCUT2D eigenvalue weighted by atomic mass is 10.1. The summed E-state index contributed by atoms with van der Waals surface area (Å²) in [6.07, 6.45) is 2.34. The zero-order valence-corrected chi connectivity index (χ0v) is 11.5. The Bertz CT molecular complexity index is 426. The quantitative estimate of drug-likeness (QED) is 0.792. The van der Waals surface area contributed by atoms with Crippen LogP contribution in [-0.4, -0.2) is 23.0 Å². The first-order valence-electron chi connectivity index (χ1n) is 6.66. The van der Waals surface area contributed by atoms with E-state index in [4.69, 9.17) is 5.11 Å². The van der Waals surface area contributed by atoms with E-state index in [0.29, 0.717) is 19.3 Å². The minimum atomic E-state index is -0.983. The van der Waals surface area contributed by atoms with Crippen LogP contribution in [-0.2, 0) is 22.4 Å². The van der Waals surface area contributed by atoms with Crippen molar-refractivity contribution in [1.29, 1.82) is 0 Å². The molecule has 104 valence electrons. The van der Waals surface area contributed by atoms with Gasteiger partial charge in [0.2, 0.25) is 5.91 Å². The van der Waals surface area contributed by atoms with Crippen LogP contribution < -0.4 is 5.32 Å². The van der Waals surface area contributed by atoms with Gasteiger partial charge in [0, 0.05) is 6.42 Å². The fourth-order valence-electron chi connectivity index (χ4n) is 1.80. The lowest BCUT2D eigenvalue weighted by Gasteiger charge is -2.12. The van der Waals surface area contributed by atoms with Crippen LogP contribution in [0, 0.1) is 0 Å². The molecule has 1 aromatic carbocycles. The molecule has 0 heterocycles. The molecule has 0 saturated carbocycles. The van der Waals surface area contributed by atoms with Gasteiger partial charge in [0.1, 0.15) is 6.04 Å². The molecule has 0 aliphatic heterocycles. The highest BCUT2D eigenvalue weighted by molar-refractivity contribution is 5.83. The minimum Gasteiger partial charge on any atom is -0.480 e. The van der Waals surface area contributed by atoms with Crippen LogP contribution in [0.15, 0.2) is 24.3 Å². The summed E-state index contributed by atoms with van der Waals surface area (Å²) in [5, 5.41) is 11.4. The monoisotopic (exact) mass is 263 g/mol. The number of aryl methyl sites for hydroxylation is 2. The van der Waals surface area contributed by atoms with Crippen molar-refractivity contribution >= 4 is 11.9 Å². The number of carboxylic acids is 1. The summed E-state index contributed by atoms with van der Waals surface area (Å²) >= 11 is 0. The van der Waals surface area contributed by atoms with Gasteiger partial charge in [0.15, 0.2) is 0 Å². The van der Waals surface area contributed by atoms with E-state index in [1.807, 2.05) is 12.1 Å². The summed E-state index contributed by atoms with van der Waals surface area (Å²) in [5.74, 6) is -1.20. The van der Waals surface area contributed by atoms with Crippen molar-refractivity contribution in [2.45, 2.75) is 45.6 Å². The molecule has 1 rings (SSSR count). The number of amides is 1. The SMILES string of the molecule is CCc1ccc(CCC(=O)N[C@H](CC)C(=O)O)cc1. The van der Waals surface area contributed by atoms with Crippen LogP contribution in [0.2, 0.25) is 0 Å². The van der Waals surface area contributed by atoms with Gasteiger partial charge in [0.25, 0.3) is 0 Å². The Balaban J connectivity index is 2.42. The van der Waals surface area contributed by atoms with E-state index >= 15 is 0 Å². The van der Waals surface area contributed by atoms with Crippen LogP contribution in [0.4, 0.5) is 0 Å². The fourth-order valence-corrected chi connectivity index (χ4v) is 1.80. The van der Waals surface area contributed by atoms with Gasteiger partial charge in [-0.15, -0.1) is 0 Å². The molecular formula is C15H21NO3. The first kappa shape index (κ1) is 15.2. The second-order valence-corrected chi connectivity index (χ2v) is 4.54. The first-order chi connectivity index (χ1) is 9.06. The van der Waals surface area contributed by atoms with Crippen molar-refractivity contribution in [3.63, 3.8) is 0 Å². The molecule has 0 fully saturated rings. The van der Waals surface area contributed by atoms with Gasteiger partial charge in [-0.2, -0.15) is 0 Å². The molecule has 0 saturated heterocycles. The summed E-state index contributed by atoms with van der Waals surface area (Å²) in [5.41, 5.74) is 2.36. The van der Waals surface area contributed by atoms with E-state index in [1.165, 1.54) is 5.56 Å². The standard InChI is InChI=1S/C15H21NO3/c1-3-11-5-7-12(8-6-11)9-10-14(17)16-13(4-2)15(18)19/h5-8,13H,3-4,9-10H2,1-2H3,(H,16,17)(H,18,19)/t13-/m1/s1. The highest BCUT2D eigenvalue weighted by atomic mass is 16.4. The van der Waals surface area contributed by atoms with E-state index in [0.717, 1.165) is 12.0 Å².